The maximum absolute atomic E-state index is 12.1. The molecule has 0 saturated heterocycles. The summed E-state index contributed by atoms with van der Waals surface area (Å²) in [6.45, 7) is 4.49. The molecule has 0 spiro atoms. The summed E-state index contributed by atoms with van der Waals surface area (Å²) in [7, 11) is 1.63. The van der Waals surface area contributed by atoms with Gasteiger partial charge in [0.2, 0.25) is 5.91 Å². The number of aromatic amines is 1. The molecule has 6 nitrogen and oxygen atoms in total. The van der Waals surface area contributed by atoms with Crippen molar-refractivity contribution in [3.05, 3.63) is 70.4 Å². The highest BCUT2D eigenvalue weighted by atomic mass is 16.5. The molecule has 1 aliphatic rings. The molecule has 0 unspecified atom stereocenters. The zero-order valence-electron chi connectivity index (χ0n) is 16.2. The number of anilines is 1. The zero-order valence-corrected chi connectivity index (χ0v) is 16.2. The molecule has 2 heterocycles. The van der Waals surface area contributed by atoms with E-state index in [-0.39, 0.29) is 11.8 Å². The average molecular weight is 377 g/mol. The molecular formula is C22H23N3O3. The molecule has 0 bridgehead atoms. The second-order valence-corrected chi connectivity index (χ2v) is 7.10. The van der Waals surface area contributed by atoms with E-state index in [9.17, 15) is 4.79 Å². The van der Waals surface area contributed by atoms with Crippen molar-refractivity contribution in [3.63, 3.8) is 0 Å². The van der Waals surface area contributed by atoms with E-state index in [1.807, 2.05) is 37.3 Å². The number of amides is 1. The minimum absolute atomic E-state index is 0.0391. The van der Waals surface area contributed by atoms with Gasteiger partial charge in [-0.2, -0.15) is 5.10 Å². The summed E-state index contributed by atoms with van der Waals surface area (Å²) in [5, 5.41) is 9.99. The van der Waals surface area contributed by atoms with E-state index >= 15 is 0 Å². The lowest BCUT2D eigenvalue weighted by atomic mass is 9.85. The Labute approximate surface area is 163 Å². The van der Waals surface area contributed by atoms with Crippen LogP contribution in [0.4, 0.5) is 5.82 Å². The van der Waals surface area contributed by atoms with Crippen LogP contribution in [0.15, 0.2) is 42.5 Å². The number of methoxy groups -OCH3 is 1. The van der Waals surface area contributed by atoms with Crippen LogP contribution in [0.1, 0.15) is 40.3 Å². The van der Waals surface area contributed by atoms with E-state index in [4.69, 9.17) is 9.47 Å². The molecule has 0 aliphatic carbocycles. The minimum atomic E-state index is -0.0674. The second kappa shape index (κ2) is 7.38. The molecule has 0 saturated carbocycles. The Kier molecular flexibility index (Phi) is 4.77. The highest BCUT2D eigenvalue weighted by Crippen LogP contribution is 2.40. The summed E-state index contributed by atoms with van der Waals surface area (Å²) >= 11 is 0. The summed E-state index contributed by atoms with van der Waals surface area (Å²) in [5.74, 6) is 1.83. The Bertz CT molecular complexity index is 1030. The van der Waals surface area contributed by atoms with Gasteiger partial charge in [-0.25, -0.2) is 0 Å². The fourth-order valence-electron chi connectivity index (χ4n) is 3.70. The highest BCUT2D eigenvalue weighted by molar-refractivity contribution is 5.94. The summed E-state index contributed by atoms with van der Waals surface area (Å²) in [4.78, 5) is 12.1. The van der Waals surface area contributed by atoms with Crippen LogP contribution in [-0.2, 0) is 11.4 Å². The predicted octanol–water partition coefficient (Wildman–Crippen LogP) is 4.09. The van der Waals surface area contributed by atoms with Gasteiger partial charge in [0.15, 0.2) is 17.3 Å². The Hall–Kier alpha value is -3.28. The fourth-order valence-corrected chi connectivity index (χ4v) is 3.70. The van der Waals surface area contributed by atoms with E-state index in [1.165, 1.54) is 5.56 Å². The fraction of sp³-hybridized carbons (Fsp3) is 0.273. The van der Waals surface area contributed by atoms with Crippen LogP contribution in [0, 0.1) is 13.8 Å². The third-order valence-corrected chi connectivity index (χ3v) is 5.06. The predicted molar refractivity (Wildman–Crippen MR) is 107 cm³/mol. The lowest BCUT2D eigenvalue weighted by Gasteiger charge is -2.23. The van der Waals surface area contributed by atoms with Crippen molar-refractivity contribution in [1.29, 1.82) is 0 Å². The molecule has 1 aliphatic heterocycles. The molecule has 1 amide bonds. The van der Waals surface area contributed by atoms with Crippen molar-refractivity contribution in [3.8, 4) is 11.5 Å². The lowest BCUT2D eigenvalue weighted by Crippen LogP contribution is -2.23. The molecule has 144 valence electrons. The van der Waals surface area contributed by atoms with E-state index in [0.717, 1.165) is 22.4 Å². The van der Waals surface area contributed by atoms with Crippen molar-refractivity contribution in [2.45, 2.75) is 32.8 Å². The normalized spacial score (nSPS) is 15.7. The number of H-pyrrole nitrogens is 1. The van der Waals surface area contributed by atoms with Gasteiger partial charge in [-0.05, 0) is 37.1 Å². The molecular weight excluding hydrogens is 354 g/mol. The minimum Gasteiger partial charge on any atom is -0.493 e. The maximum atomic E-state index is 12.1. The lowest BCUT2D eigenvalue weighted by molar-refractivity contribution is -0.116. The Morgan fingerprint density at radius 3 is 2.79 bits per heavy atom. The summed E-state index contributed by atoms with van der Waals surface area (Å²) in [5.41, 5.74) is 5.29. The van der Waals surface area contributed by atoms with E-state index in [0.29, 0.717) is 30.3 Å². The number of aromatic nitrogens is 2. The number of carbonyl (C=O) groups is 1. The summed E-state index contributed by atoms with van der Waals surface area (Å²) < 4.78 is 11.6. The first kappa shape index (κ1) is 18.1. The molecule has 0 fully saturated rings. The molecule has 4 rings (SSSR count). The summed E-state index contributed by atoms with van der Waals surface area (Å²) in [6.07, 6.45) is 0.375. The highest BCUT2D eigenvalue weighted by Gasteiger charge is 2.30. The number of fused-ring (bicyclic) bond motifs is 1. The Morgan fingerprint density at radius 2 is 2.00 bits per heavy atom. The number of hydrogen-bond acceptors (Lipinski definition) is 4. The van der Waals surface area contributed by atoms with Gasteiger partial charge in [0, 0.05) is 23.6 Å². The van der Waals surface area contributed by atoms with Gasteiger partial charge < -0.3 is 14.8 Å². The molecule has 1 aromatic heterocycles. The standard InChI is InChI=1S/C22H23N3O3/c1-13-5-4-6-15(9-13)12-28-18-8-7-16(10-19(18)27-3)17-11-20(26)23-22-21(17)14(2)24-25-22/h4-10,17H,11-12H2,1-3H3,(H2,23,24,25,26)/t17-/m0/s1. The largest absolute Gasteiger partial charge is 0.493 e. The van der Waals surface area contributed by atoms with Crippen LogP contribution in [0.5, 0.6) is 11.5 Å². The number of carbonyl (C=O) groups excluding carboxylic acids is 1. The number of aryl methyl sites for hydroxylation is 2. The van der Waals surface area contributed by atoms with Gasteiger partial charge in [-0.15, -0.1) is 0 Å². The average Bonchev–Trinajstić information content (AvgIpc) is 3.06. The van der Waals surface area contributed by atoms with Crippen LogP contribution in [0.2, 0.25) is 0 Å². The number of nitrogens with one attached hydrogen (secondary N) is 2. The quantitative estimate of drug-likeness (QED) is 0.702. The molecule has 6 heteroatoms. The monoisotopic (exact) mass is 377 g/mol. The Morgan fingerprint density at radius 1 is 1.14 bits per heavy atom. The van der Waals surface area contributed by atoms with Gasteiger partial charge in [-0.1, -0.05) is 35.9 Å². The van der Waals surface area contributed by atoms with Crippen LogP contribution in [-0.4, -0.2) is 23.2 Å². The van der Waals surface area contributed by atoms with Crippen LogP contribution < -0.4 is 14.8 Å². The van der Waals surface area contributed by atoms with E-state index < -0.39 is 0 Å². The van der Waals surface area contributed by atoms with Crippen molar-refractivity contribution < 1.29 is 14.3 Å². The van der Waals surface area contributed by atoms with Crippen molar-refractivity contribution >= 4 is 11.7 Å². The molecule has 28 heavy (non-hydrogen) atoms. The van der Waals surface area contributed by atoms with Crippen molar-refractivity contribution in [1.82, 2.24) is 10.2 Å². The number of rotatable bonds is 5. The van der Waals surface area contributed by atoms with Gasteiger partial charge in [-0.3, -0.25) is 9.89 Å². The number of benzene rings is 2. The third-order valence-electron chi connectivity index (χ3n) is 5.06. The van der Waals surface area contributed by atoms with Gasteiger partial charge in [0.25, 0.3) is 0 Å². The van der Waals surface area contributed by atoms with Crippen molar-refractivity contribution in [2.24, 2.45) is 0 Å². The molecule has 1 atom stereocenters. The smallest absolute Gasteiger partial charge is 0.226 e. The molecule has 0 radical (unpaired) electrons. The van der Waals surface area contributed by atoms with Crippen LogP contribution in [0.25, 0.3) is 0 Å². The van der Waals surface area contributed by atoms with Crippen LogP contribution >= 0.6 is 0 Å². The van der Waals surface area contributed by atoms with Crippen molar-refractivity contribution in [2.75, 3.05) is 12.4 Å². The number of nitrogens with zero attached hydrogens (tertiary/aromatic N) is 1. The Balaban J connectivity index is 1.60. The molecule has 2 aromatic carbocycles. The first-order chi connectivity index (χ1) is 13.5. The first-order valence-corrected chi connectivity index (χ1v) is 9.26. The van der Waals surface area contributed by atoms with Gasteiger partial charge >= 0.3 is 0 Å². The number of ether oxygens (including phenoxy) is 2. The summed E-state index contributed by atoms with van der Waals surface area (Å²) in [6, 6.07) is 14.1. The van der Waals surface area contributed by atoms with Gasteiger partial charge in [0.05, 0.1) is 7.11 Å². The third kappa shape index (κ3) is 3.45. The first-order valence-electron chi connectivity index (χ1n) is 9.26. The topological polar surface area (TPSA) is 76.2 Å². The SMILES string of the molecule is COc1cc([C@@H]2CC(=O)Nc3n[nH]c(C)c32)ccc1OCc1cccc(C)c1. The van der Waals surface area contributed by atoms with Gasteiger partial charge in [0.1, 0.15) is 6.61 Å². The second-order valence-electron chi connectivity index (χ2n) is 7.10. The molecule has 2 N–H and O–H groups in total. The van der Waals surface area contributed by atoms with E-state index in [1.54, 1.807) is 7.11 Å². The zero-order chi connectivity index (χ0) is 19.7. The number of hydrogen-bond donors (Lipinski definition) is 2. The van der Waals surface area contributed by atoms with E-state index in [2.05, 4.69) is 34.6 Å². The maximum Gasteiger partial charge on any atom is 0.226 e. The molecule has 3 aromatic rings. The van der Waals surface area contributed by atoms with Crippen LogP contribution in [0.3, 0.4) is 0 Å².